The van der Waals surface area contributed by atoms with E-state index in [2.05, 4.69) is 21.9 Å². The molecular formula is C27H28FN3O3. The maximum Gasteiger partial charge on any atom is 0.262 e. The minimum atomic E-state index is -0.799. The SMILES string of the molecule is Cc1cccc(COc2ccc(C=NNC(=O)C(NC(=O)c3ccc(F)cc3)C(C)C)cc2)c1. The molecule has 2 amide bonds. The number of nitrogens with zero attached hydrogens (tertiary/aromatic N) is 1. The molecule has 3 aromatic rings. The smallest absolute Gasteiger partial charge is 0.262 e. The van der Waals surface area contributed by atoms with Crippen molar-refractivity contribution in [2.75, 3.05) is 0 Å². The fraction of sp³-hybridized carbons (Fsp3) is 0.222. The molecular weight excluding hydrogens is 433 g/mol. The van der Waals surface area contributed by atoms with Crippen LogP contribution in [0.1, 0.15) is 40.9 Å². The largest absolute Gasteiger partial charge is 0.489 e. The summed E-state index contributed by atoms with van der Waals surface area (Å²) in [5, 5.41) is 6.68. The summed E-state index contributed by atoms with van der Waals surface area (Å²) in [6, 6.07) is 19.8. The predicted octanol–water partition coefficient (Wildman–Crippen LogP) is 4.62. The molecule has 6 nitrogen and oxygen atoms in total. The molecule has 0 radical (unpaired) electrons. The number of ether oxygens (including phenoxy) is 1. The lowest BCUT2D eigenvalue weighted by Gasteiger charge is -2.20. The van der Waals surface area contributed by atoms with E-state index in [1.807, 2.05) is 63.2 Å². The summed E-state index contributed by atoms with van der Waals surface area (Å²) < 4.78 is 18.9. The van der Waals surface area contributed by atoms with Gasteiger partial charge in [-0.05, 0) is 72.5 Å². The van der Waals surface area contributed by atoms with Gasteiger partial charge in [-0.25, -0.2) is 9.82 Å². The van der Waals surface area contributed by atoms with E-state index in [9.17, 15) is 14.0 Å². The van der Waals surface area contributed by atoms with Crippen LogP contribution in [-0.2, 0) is 11.4 Å². The zero-order valence-corrected chi connectivity index (χ0v) is 19.4. The van der Waals surface area contributed by atoms with Crippen LogP contribution in [0.4, 0.5) is 4.39 Å². The zero-order chi connectivity index (χ0) is 24.5. The van der Waals surface area contributed by atoms with Crippen LogP contribution in [0, 0.1) is 18.7 Å². The lowest BCUT2D eigenvalue weighted by molar-refractivity contribution is -0.123. The molecule has 1 atom stereocenters. The van der Waals surface area contributed by atoms with Gasteiger partial charge in [0.1, 0.15) is 24.2 Å². The number of benzene rings is 3. The van der Waals surface area contributed by atoms with Crippen LogP contribution < -0.4 is 15.5 Å². The number of halogens is 1. The van der Waals surface area contributed by atoms with Crippen LogP contribution in [-0.4, -0.2) is 24.1 Å². The second-order valence-electron chi connectivity index (χ2n) is 8.28. The molecule has 0 saturated heterocycles. The highest BCUT2D eigenvalue weighted by Crippen LogP contribution is 2.14. The molecule has 176 valence electrons. The molecule has 0 saturated carbocycles. The van der Waals surface area contributed by atoms with Gasteiger partial charge in [-0.15, -0.1) is 0 Å². The molecule has 0 spiro atoms. The number of hydrogen-bond acceptors (Lipinski definition) is 4. The maximum absolute atomic E-state index is 13.1. The summed E-state index contributed by atoms with van der Waals surface area (Å²) in [6.07, 6.45) is 1.52. The number of amides is 2. The second-order valence-corrected chi connectivity index (χ2v) is 8.28. The first-order valence-electron chi connectivity index (χ1n) is 11.0. The molecule has 7 heteroatoms. The Morgan fingerprint density at radius 3 is 2.38 bits per heavy atom. The van der Waals surface area contributed by atoms with E-state index >= 15 is 0 Å². The summed E-state index contributed by atoms with van der Waals surface area (Å²) in [6.45, 7) is 6.15. The third-order valence-corrected chi connectivity index (χ3v) is 5.10. The van der Waals surface area contributed by atoms with Crippen molar-refractivity contribution in [2.45, 2.75) is 33.4 Å². The van der Waals surface area contributed by atoms with Gasteiger partial charge < -0.3 is 10.1 Å². The summed E-state index contributed by atoms with van der Waals surface area (Å²) in [7, 11) is 0. The molecule has 0 aliphatic carbocycles. The van der Waals surface area contributed by atoms with E-state index < -0.39 is 23.7 Å². The predicted molar refractivity (Wildman–Crippen MR) is 130 cm³/mol. The van der Waals surface area contributed by atoms with Gasteiger partial charge >= 0.3 is 0 Å². The Bertz CT molecular complexity index is 1140. The van der Waals surface area contributed by atoms with E-state index in [0.29, 0.717) is 6.61 Å². The summed E-state index contributed by atoms with van der Waals surface area (Å²) in [5.41, 5.74) is 5.80. The van der Waals surface area contributed by atoms with Gasteiger partial charge in [0.05, 0.1) is 6.21 Å². The van der Waals surface area contributed by atoms with Crippen LogP contribution in [0.3, 0.4) is 0 Å². The number of aryl methyl sites for hydroxylation is 1. The maximum atomic E-state index is 13.1. The fourth-order valence-corrected chi connectivity index (χ4v) is 3.22. The van der Waals surface area contributed by atoms with Gasteiger partial charge in [0.25, 0.3) is 11.8 Å². The van der Waals surface area contributed by atoms with Crippen molar-refractivity contribution >= 4 is 18.0 Å². The number of nitrogens with one attached hydrogen (secondary N) is 2. The molecule has 34 heavy (non-hydrogen) atoms. The van der Waals surface area contributed by atoms with Crippen molar-refractivity contribution in [1.82, 2.24) is 10.7 Å². The van der Waals surface area contributed by atoms with Gasteiger partial charge in [-0.3, -0.25) is 9.59 Å². The normalized spacial score (nSPS) is 11.9. The van der Waals surface area contributed by atoms with Crippen molar-refractivity contribution < 1.29 is 18.7 Å². The second kappa shape index (κ2) is 11.7. The molecule has 1 unspecified atom stereocenters. The number of hydrazone groups is 1. The van der Waals surface area contributed by atoms with Crippen LogP contribution >= 0.6 is 0 Å². The van der Waals surface area contributed by atoms with E-state index in [1.165, 1.54) is 36.0 Å². The Balaban J connectivity index is 1.52. The van der Waals surface area contributed by atoms with Crippen molar-refractivity contribution in [3.63, 3.8) is 0 Å². The average molecular weight is 462 g/mol. The van der Waals surface area contributed by atoms with Gasteiger partial charge in [-0.2, -0.15) is 5.10 Å². The topological polar surface area (TPSA) is 79.8 Å². The van der Waals surface area contributed by atoms with E-state index in [0.717, 1.165) is 16.9 Å². The van der Waals surface area contributed by atoms with E-state index in [1.54, 1.807) is 0 Å². The van der Waals surface area contributed by atoms with Crippen LogP contribution in [0.25, 0.3) is 0 Å². The third-order valence-electron chi connectivity index (χ3n) is 5.10. The van der Waals surface area contributed by atoms with Crippen LogP contribution in [0.15, 0.2) is 77.9 Å². The first kappa shape index (κ1) is 24.6. The summed E-state index contributed by atoms with van der Waals surface area (Å²) >= 11 is 0. The highest BCUT2D eigenvalue weighted by molar-refractivity contribution is 5.97. The van der Waals surface area contributed by atoms with Crippen LogP contribution in [0.2, 0.25) is 0 Å². The Labute approximate surface area is 198 Å². The minimum Gasteiger partial charge on any atom is -0.489 e. The number of carbonyl (C=O) groups excluding carboxylic acids is 2. The monoisotopic (exact) mass is 461 g/mol. The third kappa shape index (κ3) is 7.27. The van der Waals surface area contributed by atoms with Crippen molar-refractivity contribution in [3.05, 3.63) is 101 Å². The molecule has 0 aliphatic rings. The average Bonchev–Trinajstić information content (AvgIpc) is 2.82. The zero-order valence-electron chi connectivity index (χ0n) is 19.4. The molecule has 0 fully saturated rings. The molecule has 0 aliphatic heterocycles. The number of carbonyl (C=O) groups is 2. The van der Waals surface area contributed by atoms with Crippen LogP contribution in [0.5, 0.6) is 5.75 Å². The van der Waals surface area contributed by atoms with E-state index in [4.69, 9.17) is 4.74 Å². The van der Waals surface area contributed by atoms with Crippen molar-refractivity contribution in [3.8, 4) is 5.75 Å². The Morgan fingerprint density at radius 1 is 1.03 bits per heavy atom. The lowest BCUT2D eigenvalue weighted by atomic mass is 10.0. The minimum absolute atomic E-state index is 0.176. The number of hydrogen-bond donors (Lipinski definition) is 2. The van der Waals surface area contributed by atoms with Gasteiger partial charge in [0, 0.05) is 5.56 Å². The van der Waals surface area contributed by atoms with Gasteiger partial charge in [0.15, 0.2) is 0 Å². The summed E-state index contributed by atoms with van der Waals surface area (Å²) in [5.74, 6) is -0.788. The fourth-order valence-electron chi connectivity index (χ4n) is 3.22. The highest BCUT2D eigenvalue weighted by Gasteiger charge is 2.24. The standard InChI is InChI=1S/C27H28FN3O3/c1-18(2)25(30-26(32)22-9-11-23(28)12-10-22)27(33)31-29-16-20-7-13-24(14-8-20)34-17-21-6-4-5-19(3)15-21/h4-16,18,25H,17H2,1-3H3,(H,30,32)(H,31,33). The quantitative estimate of drug-likeness (QED) is 0.361. The number of rotatable bonds is 9. The molecule has 3 aromatic carbocycles. The lowest BCUT2D eigenvalue weighted by Crippen LogP contribution is -2.48. The van der Waals surface area contributed by atoms with Gasteiger partial charge in [-0.1, -0.05) is 43.7 Å². The molecule has 2 N–H and O–H groups in total. The molecule has 3 rings (SSSR count). The Kier molecular flexibility index (Phi) is 8.51. The Hall–Kier alpha value is -4.00. The molecule has 0 bridgehead atoms. The van der Waals surface area contributed by atoms with Gasteiger partial charge in [0.2, 0.25) is 0 Å². The van der Waals surface area contributed by atoms with Crippen molar-refractivity contribution in [1.29, 1.82) is 0 Å². The first-order valence-corrected chi connectivity index (χ1v) is 11.0. The first-order chi connectivity index (χ1) is 16.3. The molecule has 0 aromatic heterocycles. The Morgan fingerprint density at radius 2 is 1.74 bits per heavy atom. The molecule has 0 heterocycles. The highest BCUT2D eigenvalue weighted by atomic mass is 19.1. The van der Waals surface area contributed by atoms with Crippen molar-refractivity contribution in [2.24, 2.45) is 11.0 Å². The summed E-state index contributed by atoms with van der Waals surface area (Å²) in [4.78, 5) is 25.0. The van der Waals surface area contributed by atoms with E-state index in [-0.39, 0.29) is 11.5 Å².